The van der Waals surface area contributed by atoms with Crippen molar-refractivity contribution in [2.45, 2.75) is 6.92 Å². The SMILES string of the molecule is C=CNCC=Nc1cccc(C)c1C=NC. The van der Waals surface area contributed by atoms with Crippen LogP contribution in [0.4, 0.5) is 5.69 Å². The molecule has 0 saturated carbocycles. The summed E-state index contributed by atoms with van der Waals surface area (Å²) >= 11 is 0. The van der Waals surface area contributed by atoms with Crippen LogP contribution in [-0.4, -0.2) is 26.0 Å². The van der Waals surface area contributed by atoms with Crippen molar-refractivity contribution in [3.05, 3.63) is 42.1 Å². The minimum absolute atomic E-state index is 0.681. The van der Waals surface area contributed by atoms with Crippen LogP contribution < -0.4 is 5.32 Å². The molecular weight excluding hydrogens is 198 g/mol. The lowest BCUT2D eigenvalue weighted by Crippen LogP contribution is -2.06. The molecule has 0 atom stereocenters. The van der Waals surface area contributed by atoms with Gasteiger partial charge in [0, 0.05) is 31.6 Å². The Kier molecular flexibility index (Phi) is 4.99. The Labute approximate surface area is 96.6 Å². The first kappa shape index (κ1) is 12.2. The molecule has 1 N–H and O–H groups in total. The van der Waals surface area contributed by atoms with E-state index in [1.54, 1.807) is 13.2 Å². The van der Waals surface area contributed by atoms with Gasteiger partial charge in [0.25, 0.3) is 0 Å². The van der Waals surface area contributed by atoms with Gasteiger partial charge < -0.3 is 5.32 Å². The molecule has 0 aromatic heterocycles. The molecule has 0 bridgehead atoms. The van der Waals surface area contributed by atoms with Gasteiger partial charge in [-0.2, -0.15) is 0 Å². The van der Waals surface area contributed by atoms with E-state index in [0.717, 1.165) is 11.3 Å². The highest BCUT2D eigenvalue weighted by Gasteiger charge is 2.00. The van der Waals surface area contributed by atoms with Gasteiger partial charge in [0.2, 0.25) is 0 Å². The second kappa shape index (κ2) is 6.56. The van der Waals surface area contributed by atoms with Crippen molar-refractivity contribution < 1.29 is 0 Å². The lowest BCUT2D eigenvalue weighted by atomic mass is 10.1. The fourth-order valence-electron chi connectivity index (χ4n) is 1.35. The van der Waals surface area contributed by atoms with Crippen molar-refractivity contribution in [3.63, 3.8) is 0 Å². The number of benzene rings is 1. The maximum absolute atomic E-state index is 4.40. The Morgan fingerprint density at radius 2 is 2.25 bits per heavy atom. The van der Waals surface area contributed by atoms with Crippen molar-refractivity contribution in [2.24, 2.45) is 9.98 Å². The monoisotopic (exact) mass is 215 g/mol. The number of aryl methyl sites for hydroxylation is 1. The fourth-order valence-corrected chi connectivity index (χ4v) is 1.35. The number of aliphatic imine (C=N–C) groups is 2. The van der Waals surface area contributed by atoms with Gasteiger partial charge in [0.15, 0.2) is 0 Å². The first-order chi connectivity index (χ1) is 7.79. The molecule has 0 radical (unpaired) electrons. The van der Waals surface area contributed by atoms with E-state index in [9.17, 15) is 0 Å². The second-order valence-electron chi connectivity index (χ2n) is 3.32. The van der Waals surface area contributed by atoms with Gasteiger partial charge in [0.1, 0.15) is 0 Å². The molecule has 0 aliphatic rings. The Morgan fingerprint density at radius 3 is 2.94 bits per heavy atom. The molecule has 1 rings (SSSR count). The maximum Gasteiger partial charge on any atom is 0.0716 e. The highest BCUT2D eigenvalue weighted by atomic mass is 14.8. The average molecular weight is 215 g/mol. The number of rotatable bonds is 5. The third-order valence-electron chi connectivity index (χ3n) is 2.14. The van der Waals surface area contributed by atoms with E-state index in [4.69, 9.17) is 0 Å². The second-order valence-corrected chi connectivity index (χ2v) is 3.32. The van der Waals surface area contributed by atoms with Gasteiger partial charge in [-0.3, -0.25) is 9.98 Å². The van der Waals surface area contributed by atoms with Crippen molar-refractivity contribution in [1.82, 2.24) is 5.32 Å². The van der Waals surface area contributed by atoms with E-state index < -0.39 is 0 Å². The highest BCUT2D eigenvalue weighted by molar-refractivity contribution is 5.89. The zero-order valence-electron chi connectivity index (χ0n) is 9.77. The predicted octanol–water partition coefficient (Wildman–Crippen LogP) is 2.48. The van der Waals surface area contributed by atoms with Crippen LogP contribution in [0.15, 0.2) is 41.0 Å². The molecule has 0 saturated heterocycles. The van der Waals surface area contributed by atoms with Gasteiger partial charge in [-0.25, -0.2) is 0 Å². The number of hydrogen-bond donors (Lipinski definition) is 1. The van der Waals surface area contributed by atoms with Crippen LogP contribution in [0.25, 0.3) is 0 Å². The number of nitrogens with zero attached hydrogens (tertiary/aromatic N) is 2. The van der Waals surface area contributed by atoms with Crippen LogP contribution in [-0.2, 0) is 0 Å². The number of hydrogen-bond acceptors (Lipinski definition) is 3. The third-order valence-corrected chi connectivity index (χ3v) is 2.14. The molecule has 3 nitrogen and oxygen atoms in total. The topological polar surface area (TPSA) is 36.8 Å². The molecule has 0 aliphatic heterocycles. The summed E-state index contributed by atoms with van der Waals surface area (Å²) in [4.78, 5) is 8.44. The zero-order valence-corrected chi connectivity index (χ0v) is 9.77. The molecular formula is C13H17N3. The van der Waals surface area contributed by atoms with E-state index in [0.29, 0.717) is 6.54 Å². The summed E-state index contributed by atoms with van der Waals surface area (Å²) in [6.45, 7) is 6.31. The standard InChI is InChI=1S/C13H17N3/c1-4-15-8-9-16-13-7-5-6-11(2)12(13)10-14-3/h4-7,9-10,15H,1,8H2,2-3H3. The first-order valence-corrected chi connectivity index (χ1v) is 5.18. The minimum Gasteiger partial charge on any atom is -0.386 e. The summed E-state index contributed by atoms with van der Waals surface area (Å²) in [5, 5.41) is 2.97. The number of nitrogens with one attached hydrogen (secondary N) is 1. The van der Waals surface area contributed by atoms with Gasteiger partial charge in [0.05, 0.1) is 5.69 Å². The lowest BCUT2D eigenvalue weighted by Gasteiger charge is -2.03. The molecule has 0 fully saturated rings. The molecule has 3 heteroatoms. The van der Waals surface area contributed by atoms with E-state index in [2.05, 4.69) is 34.9 Å². The van der Waals surface area contributed by atoms with Crippen LogP contribution in [0.2, 0.25) is 0 Å². The molecule has 0 amide bonds. The van der Waals surface area contributed by atoms with Crippen LogP contribution in [0, 0.1) is 6.92 Å². The third kappa shape index (κ3) is 3.35. The van der Waals surface area contributed by atoms with Crippen LogP contribution >= 0.6 is 0 Å². The van der Waals surface area contributed by atoms with Crippen LogP contribution in [0.5, 0.6) is 0 Å². The largest absolute Gasteiger partial charge is 0.386 e. The minimum atomic E-state index is 0.681. The van der Waals surface area contributed by atoms with Crippen molar-refractivity contribution in [1.29, 1.82) is 0 Å². The van der Waals surface area contributed by atoms with Crippen LogP contribution in [0.1, 0.15) is 11.1 Å². The smallest absolute Gasteiger partial charge is 0.0716 e. The quantitative estimate of drug-likeness (QED) is 0.594. The van der Waals surface area contributed by atoms with E-state index in [-0.39, 0.29) is 0 Å². The highest BCUT2D eigenvalue weighted by Crippen LogP contribution is 2.20. The van der Waals surface area contributed by atoms with E-state index in [1.165, 1.54) is 5.56 Å². The molecule has 0 spiro atoms. The molecule has 16 heavy (non-hydrogen) atoms. The molecule has 0 aliphatic carbocycles. The first-order valence-electron chi connectivity index (χ1n) is 5.18. The molecule has 1 aromatic rings. The Balaban J connectivity index is 2.90. The normalized spacial score (nSPS) is 11.1. The van der Waals surface area contributed by atoms with Gasteiger partial charge in [-0.15, -0.1) is 0 Å². The summed E-state index contributed by atoms with van der Waals surface area (Å²) < 4.78 is 0. The Morgan fingerprint density at radius 1 is 1.44 bits per heavy atom. The van der Waals surface area contributed by atoms with Crippen molar-refractivity contribution >= 4 is 18.1 Å². The summed E-state index contributed by atoms with van der Waals surface area (Å²) in [5.41, 5.74) is 3.19. The van der Waals surface area contributed by atoms with Gasteiger partial charge in [-0.05, 0) is 24.8 Å². The Bertz CT molecular complexity index is 406. The molecule has 1 aromatic carbocycles. The summed E-state index contributed by atoms with van der Waals surface area (Å²) in [7, 11) is 1.76. The molecule has 84 valence electrons. The summed E-state index contributed by atoms with van der Waals surface area (Å²) in [6, 6.07) is 6.03. The fraction of sp³-hybridized carbons (Fsp3) is 0.231. The Hall–Kier alpha value is -1.90. The van der Waals surface area contributed by atoms with Gasteiger partial charge >= 0.3 is 0 Å². The van der Waals surface area contributed by atoms with E-state index >= 15 is 0 Å². The van der Waals surface area contributed by atoms with Crippen molar-refractivity contribution in [3.8, 4) is 0 Å². The average Bonchev–Trinajstić information content (AvgIpc) is 2.29. The van der Waals surface area contributed by atoms with Crippen molar-refractivity contribution in [2.75, 3.05) is 13.6 Å². The molecule has 0 heterocycles. The predicted molar refractivity (Wildman–Crippen MR) is 71.0 cm³/mol. The maximum atomic E-state index is 4.40. The zero-order chi connectivity index (χ0) is 11.8. The van der Waals surface area contributed by atoms with E-state index in [1.807, 2.05) is 24.6 Å². The summed E-state index contributed by atoms with van der Waals surface area (Å²) in [5.74, 6) is 0. The van der Waals surface area contributed by atoms with Gasteiger partial charge in [-0.1, -0.05) is 18.7 Å². The summed E-state index contributed by atoms with van der Waals surface area (Å²) in [6.07, 6.45) is 5.31. The van der Waals surface area contributed by atoms with Crippen LogP contribution in [0.3, 0.4) is 0 Å². The molecule has 0 unspecified atom stereocenters. The lowest BCUT2D eigenvalue weighted by molar-refractivity contribution is 1.03.